The highest BCUT2D eigenvalue weighted by Crippen LogP contribution is 2.14. The van der Waals surface area contributed by atoms with Crippen molar-refractivity contribution in [3.63, 3.8) is 0 Å². The number of hydrogen-bond donors (Lipinski definition) is 1. The summed E-state index contributed by atoms with van der Waals surface area (Å²) in [7, 11) is 0. The Labute approximate surface area is 142 Å². The number of carbonyl (C=O) groups is 1. The third-order valence-electron chi connectivity index (χ3n) is 3.28. The normalized spacial score (nSPS) is 10.7. The van der Waals surface area contributed by atoms with Crippen LogP contribution in [0.4, 0.5) is 5.82 Å². The van der Waals surface area contributed by atoms with Crippen molar-refractivity contribution in [3.8, 4) is 0 Å². The number of aryl methyl sites for hydroxylation is 1. The minimum absolute atomic E-state index is 0.0435. The number of thiazole rings is 1. The molecule has 2 aromatic heterocycles. The summed E-state index contributed by atoms with van der Waals surface area (Å²) in [4.78, 5) is 16.2. The zero-order valence-corrected chi connectivity index (χ0v) is 13.8. The second-order valence-corrected chi connectivity index (χ2v) is 6.39. The summed E-state index contributed by atoms with van der Waals surface area (Å²) in [5, 5.41) is 10.7. The Morgan fingerprint density at radius 2 is 2.04 bits per heavy atom. The number of nitrogens with zero attached hydrogens (tertiary/aromatic N) is 3. The van der Waals surface area contributed by atoms with E-state index in [-0.39, 0.29) is 5.91 Å². The summed E-state index contributed by atoms with van der Waals surface area (Å²) >= 11 is 7.45. The number of amides is 1. The number of rotatable bonds is 6. The van der Waals surface area contributed by atoms with E-state index in [0.717, 1.165) is 10.6 Å². The van der Waals surface area contributed by atoms with Gasteiger partial charge in [-0.15, -0.1) is 11.3 Å². The maximum atomic E-state index is 12.1. The smallest absolute Gasteiger partial charge is 0.225 e. The van der Waals surface area contributed by atoms with Crippen LogP contribution in [0.1, 0.15) is 17.0 Å². The van der Waals surface area contributed by atoms with E-state index in [1.807, 2.05) is 29.6 Å². The number of halogens is 1. The molecular weight excluding hydrogens is 332 g/mol. The predicted octanol–water partition coefficient (Wildman–Crippen LogP) is 3.61. The second kappa shape index (κ2) is 7.39. The Kier molecular flexibility index (Phi) is 5.05. The lowest BCUT2D eigenvalue weighted by Crippen LogP contribution is -2.16. The molecule has 0 saturated carbocycles. The van der Waals surface area contributed by atoms with E-state index in [0.29, 0.717) is 30.2 Å². The van der Waals surface area contributed by atoms with Crippen molar-refractivity contribution >= 4 is 34.7 Å². The standard InChI is InChI=1S/C16H15ClN4OS/c17-13-3-1-12(2-4-13)11-21-14(7-8-19-21)20-15(22)5-6-16-18-9-10-23-16/h1-4,7-10H,5-6,11H2,(H,20,22). The van der Waals surface area contributed by atoms with Crippen LogP contribution in [0.5, 0.6) is 0 Å². The van der Waals surface area contributed by atoms with E-state index in [9.17, 15) is 4.79 Å². The van der Waals surface area contributed by atoms with Gasteiger partial charge in [0.05, 0.1) is 17.7 Å². The average molecular weight is 347 g/mol. The zero-order chi connectivity index (χ0) is 16.1. The topological polar surface area (TPSA) is 59.8 Å². The second-order valence-electron chi connectivity index (χ2n) is 4.97. The van der Waals surface area contributed by atoms with E-state index < -0.39 is 0 Å². The first-order valence-electron chi connectivity index (χ1n) is 7.15. The molecule has 0 aliphatic rings. The first-order chi connectivity index (χ1) is 11.2. The predicted molar refractivity (Wildman–Crippen MR) is 91.8 cm³/mol. The van der Waals surface area contributed by atoms with Crippen LogP contribution in [-0.4, -0.2) is 20.7 Å². The van der Waals surface area contributed by atoms with Crippen molar-refractivity contribution in [1.82, 2.24) is 14.8 Å². The molecular formula is C16H15ClN4OS. The number of anilines is 1. The molecule has 0 saturated heterocycles. The highest BCUT2D eigenvalue weighted by molar-refractivity contribution is 7.09. The summed E-state index contributed by atoms with van der Waals surface area (Å²) < 4.78 is 1.75. The van der Waals surface area contributed by atoms with Gasteiger partial charge in [0.2, 0.25) is 5.91 Å². The first kappa shape index (κ1) is 15.7. The zero-order valence-electron chi connectivity index (χ0n) is 12.3. The monoisotopic (exact) mass is 346 g/mol. The quantitative estimate of drug-likeness (QED) is 0.741. The van der Waals surface area contributed by atoms with Gasteiger partial charge < -0.3 is 5.32 Å². The molecule has 1 amide bonds. The molecule has 0 radical (unpaired) electrons. The first-order valence-corrected chi connectivity index (χ1v) is 8.41. The van der Waals surface area contributed by atoms with E-state index in [4.69, 9.17) is 11.6 Å². The fourth-order valence-corrected chi connectivity index (χ4v) is 2.88. The van der Waals surface area contributed by atoms with E-state index in [1.165, 1.54) is 0 Å². The van der Waals surface area contributed by atoms with Crippen molar-refractivity contribution < 1.29 is 4.79 Å². The fourth-order valence-electron chi connectivity index (χ4n) is 2.13. The van der Waals surface area contributed by atoms with Gasteiger partial charge in [0, 0.05) is 35.5 Å². The Morgan fingerprint density at radius 3 is 2.78 bits per heavy atom. The molecule has 2 heterocycles. The van der Waals surface area contributed by atoms with Crippen LogP contribution in [-0.2, 0) is 17.8 Å². The Hall–Kier alpha value is -2.18. The molecule has 23 heavy (non-hydrogen) atoms. The summed E-state index contributed by atoms with van der Waals surface area (Å²) in [6, 6.07) is 9.35. The Bertz CT molecular complexity index is 768. The molecule has 3 rings (SSSR count). The van der Waals surface area contributed by atoms with Crippen molar-refractivity contribution in [3.05, 3.63) is 63.7 Å². The molecule has 0 aliphatic carbocycles. The maximum absolute atomic E-state index is 12.1. The van der Waals surface area contributed by atoms with Gasteiger partial charge in [-0.3, -0.25) is 4.79 Å². The summed E-state index contributed by atoms with van der Waals surface area (Å²) in [6.07, 6.45) is 4.47. The number of benzene rings is 1. The van der Waals surface area contributed by atoms with Gasteiger partial charge in [0.15, 0.2) is 0 Å². The highest BCUT2D eigenvalue weighted by atomic mass is 35.5. The summed E-state index contributed by atoms with van der Waals surface area (Å²) in [5.74, 6) is 0.641. The average Bonchev–Trinajstić information content (AvgIpc) is 3.20. The maximum Gasteiger partial charge on any atom is 0.225 e. The number of carbonyl (C=O) groups excluding carboxylic acids is 1. The highest BCUT2D eigenvalue weighted by Gasteiger charge is 2.09. The SMILES string of the molecule is O=C(CCc1nccs1)Nc1ccnn1Cc1ccc(Cl)cc1. The molecule has 0 aliphatic heterocycles. The van der Waals surface area contributed by atoms with Gasteiger partial charge in [0.25, 0.3) is 0 Å². The molecule has 0 atom stereocenters. The third kappa shape index (κ3) is 4.40. The van der Waals surface area contributed by atoms with Crippen LogP contribution in [0.25, 0.3) is 0 Å². The summed E-state index contributed by atoms with van der Waals surface area (Å²) in [6.45, 7) is 0.576. The van der Waals surface area contributed by atoms with Crippen LogP contribution in [0, 0.1) is 0 Å². The minimum Gasteiger partial charge on any atom is -0.311 e. The molecule has 7 heteroatoms. The number of aromatic nitrogens is 3. The molecule has 0 bridgehead atoms. The van der Waals surface area contributed by atoms with Crippen LogP contribution >= 0.6 is 22.9 Å². The van der Waals surface area contributed by atoms with Gasteiger partial charge in [-0.25, -0.2) is 9.67 Å². The Balaban J connectivity index is 1.59. The van der Waals surface area contributed by atoms with E-state index in [1.54, 1.807) is 34.5 Å². The largest absolute Gasteiger partial charge is 0.311 e. The van der Waals surface area contributed by atoms with Gasteiger partial charge in [0.1, 0.15) is 5.82 Å². The van der Waals surface area contributed by atoms with Crippen LogP contribution in [0.3, 0.4) is 0 Å². The lowest BCUT2D eigenvalue weighted by Gasteiger charge is -2.09. The van der Waals surface area contributed by atoms with Gasteiger partial charge >= 0.3 is 0 Å². The molecule has 3 aromatic rings. The molecule has 118 valence electrons. The van der Waals surface area contributed by atoms with E-state index in [2.05, 4.69) is 15.4 Å². The van der Waals surface area contributed by atoms with Crippen LogP contribution < -0.4 is 5.32 Å². The molecule has 0 unspecified atom stereocenters. The molecule has 5 nitrogen and oxygen atoms in total. The summed E-state index contributed by atoms with van der Waals surface area (Å²) in [5.41, 5.74) is 1.07. The van der Waals surface area contributed by atoms with Gasteiger partial charge in [-0.2, -0.15) is 5.10 Å². The van der Waals surface area contributed by atoms with Crippen LogP contribution in [0.15, 0.2) is 48.1 Å². The lowest BCUT2D eigenvalue weighted by atomic mass is 10.2. The third-order valence-corrected chi connectivity index (χ3v) is 4.37. The van der Waals surface area contributed by atoms with Crippen molar-refractivity contribution in [2.24, 2.45) is 0 Å². The molecule has 0 spiro atoms. The minimum atomic E-state index is -0.0435. The van der Waals surface area contributed by atoms with E-state index >= 15 is 0 Å². The molecule has 0 fully saturated rings. The molecule has 1 aromatic carbocycles. The number of nitrogens with one attached hydrogen (secondary N) is 1. The molecule has 1 N–H and O–H groups in total. The van der Waals surface area contributed by atoms with Crippen molar-refractivity contribution in [2.45, 2.75) is 19.4 Å². The Morgan fingerprint density at radius 1 is 1.22 bits per heavy atom. The van der Waals surface area contributed by atoms with Crippen molar-refractivity contribution in [1.29, 1.82) is 0 Å². The van der Waals surface area contributed by atoms with Gasteiger partial charge in [-0.05, 0) is 17.7 Å². The fraction of sp³-hybridized carbons (Fsp3) is 0.188. The lowest BCUT2D eigenvalue weighted by molar-refractivity contribution is -0.116. The number of hydrogen-bond acceptors (Lipinski definition) is 4. The van der Waals surface area contributed by atoms with Gasteiger partial charge in [-0.1, -0.05) is 23.7 Å². The van der Waals surface area contributed by atoms with Crippen molar-refractivity contribution in [2.75, 3.05) is 5.32 Å². The van der Waals surface area contributed by atoms with Crippen LogP contribution in [0.2, 0.25) is 5.02 Å².